The molecule has 2 heterocycles. The van der Waals surface area contributed by atoms with Gasteiger partial charge in [0, 0.05) is 6.04 Å². The minimum Gasteiger partial charge on any atom is -0.468 e. The number of nitrogens with zero attached hydrogens (tertiary/aromatic N) is 1. The zero-order valence-electron chi connectivity index (χ0n) is 9.98. The molecular formula is C12H21ClN2O. The van der Waals surface area contributed by atoms with E-state index in [1.54, 1.807) is 6.26 Å². The molecule has 0 saturated carbocycles. The lowest BCUT2D eigenvalue weighted by molar-refractivity contribution is 0.138. The van der Waals surface area contributed by atoms with Crippen LogP contribution in [0.3, 0.4) is 0 Å². The van der Waals surface area contributed by atoms with Crippen LogP contribution in [-0.2, 0) is 0 Å². The van der Waals surface area contributed by atoms with Gasteiger partial charge in [0.1, 0.15) is 5.76 Å². The van der Waals surface area contributed by atoms with Gasteiger partial charge in [-0.2, -0.15) is 0 Å². The molecule has 1 saturated heterocycles. The Labute approximate surface area is 104 Å². The van der Waals surface area contributed by atoms with Gasteiger partial charge in [-0.1, -0.05) is 0 Å². The van der Waals surface area contributed by atoms with Gasteiger partial charge in [0.05, 0.1) is 12.3 Å². The van der Waals surface area contributed by atoms with E-state index in [1.807, 2.05) is 6.07 Å². The molecule has 92 valence electrons. The molecule has 16 heavy (non-hydrogen) atoms. The predicted molar refractivity (Wildman–Crippen MR) is 68.0 cm³/mol. The number of rotatable bonds is 3. The highest BCUT2D eigenvalue weighted by Gasteiger charge is 2.23. The van der Waals surface area contributed by atoms with Crippen molar-refractivity contribution >= 4 is 12.4 Å². The standard InChI is InChI=1S/C12H20N2O.ClH/c1-10(12-4-3-9-15-12)14(2)11-5-7-13-8-6-11;/h3-4,9-11,13H,5-8H2,1-2H3;1H. The minimum atomic E-state index is 0. The minimum absolute atomic E-state index is 0. The summed E-state index contributed by atoms with van der Waals surface area (Å²) in [6, 6.07) is 5.08. The van der Waals surface area contributed by atoms with Crippen LogP contribution in [0.15, 0.2) is 22.8 Å². The van der Waals surface area contributed by atoms with Crippen molar-refractivity contribution in [3.8, 4) is 0 Å². The summed E-state index contributed by atoms with van der Waals surface area (Å²) in [4.78, 5) is 2.43. The van der Waals surface area contributed by atoms with Crippen LogP contribution in [0, 0.1) is 0 Å². The van der Waals surface area contributed by atoms with Gasteiger partial charge >= 0.3 is 0 Å². The molecule has 0 spiro atoms. The van der Waals surface area contributed by atoms with E-state index in [4.69, 9.17) is 4.42 Å². The largest absolute Gasteiger partial charge is 0.468 e. The fraction of sp³-hybridized carbons (Fsp3) is 0.667. The number of hydrogen-bond acceptors (Lipinski definition) is 3. The van der Waals surface area contributed by atoms with Crippen molar-refractivity contribution in [2.24, 2.45) is 0 Å². The molecule has 0 aliphatic carbocycles. The maximum Gasteiger partial charge on any atom is 0.120 e. The van der Waals surface area contributed by atoms with Crippen LogP contribution < -0.4 is 5.32 Å². The second-order valence-corrected chi connectivity index (χ2v) is 4.34. The molecule has 4 heteroatoms. The molecule has 2 rings (SSSR count). The number of halogens is 1. The predicted octanol–water partition coefficient (Wildman–Crippen LogP) is 2.45. The molecule has 0 bridgehead atoms. The van der Waals surface area contributed by atoms with E-state index in [0.29, 0.717) is 12.1 Å². The lowest BCUT2D eigenvalue weighted by Gasteiger charge is -2.34. The zero-order chi connectivity index (χ0) is 10.7. The molecule has 1 aromatic heterocycles. The second-order valence-electron chi connectivity index (χ2n) is 4.34. The molecule has 1 aromatic rings. The number of furan rings is 1. The van der Waals surface area contributed by atoms with Gasteiger partial charge in [0.2, 0.25) is 0 Å². The van der Waals surface area contributed by atoms with Crippen molar-refractivity contribution in [2.45, 2.75) is 31.8 Å². The Morgan fingerprint density at radius 2 is 2.12 bits per heavy atom. The monoisotopic (exact) mass is 244 g/mol. The first kappa shape index (κ1) is 13.6. The summed E-state index contributed by atoms with van der Waals surface area (Å²) in [7, 11) is 2.20. The van der Waals surface area contributed by atoms with E-state index in [0.717, 1.165) is 18.8 Å². The molecule has 1 aliphatic rings. The Hall–Kier alpha value is -0.510. The summed E-state index contributed by atoms with van der Waals surface area (Å²) >= 11 is 0. The summed E-state index contributed by atoms with van der Waals surface area (Å²) in [5, 5.41) is 3.39. The van der Waals surface area contributed by atoms with Gasteiger partial charge in [0.25, 0.3) is 0 Å². The van der Waals surface area contributed by atoms with Crippen LogP contribution >= 0.6 is 12.4 Å². The van der Waals surface area contributed by atoms with Crippen molar-refractivity contribution in [1.29, 1.82) is 0 Å². The van der Waals surface area contributed by atoms with E-state index in [9.17, 15) is 0 Å². The number of piperidine rings is 1. The smallest absolute Gasteiger partial charge is 0.120 e. The van der Waals surface area contributed by atoms with Crippen molar-refractivity contribution in [3.05, 3.63) is 24.2 Å². The summed E-state index contributed by atoms with van der Waals surface area (Å²) in [6.07, 6.45) is 4.23. The van der Waals surface area contributed by atoms with E-state index in [2.05, 4.69) is 30.3 Å². The molecule has 1 N–H and O–H groups in total. The third-order valence-electron chi connectivity index (χ3n) is 3.45. The number of nitrogens with one attached hydrogen (secondary N) is 1. The topological polar surface area (TPSA) is 28.4 Å². The number of hydrogen-bond donors (Lipinski definition) is 1. The van der Waals surface area contributed by atoms with Crippen LogP contribution in [0.5, 0.6) is 0 Å². The third-order valence-corrected chi connectivity index (χ3v) is 3.45. The Bertz CT molecular complexity index is 283. The highest BCUT2D eigenvalue weighted by molar-refractivity contribution is 5.85. The van der Waals surface area contributed by atoms with Crippen molar-refractivity contribution in [3.63, 3.8) is 0 Å². The summed E-state index contributed by atoms with van der Waals surface area (Å²) in [5.41, 5.74) is 0. The Kier molecular flexibility index (Phi) is 5.32. The van der Waals surface area contributed by atoms with Gasteiger partial charge < -0.3 is 9.73 Å². The molecule has 0 radical (unpaired) electrons. The van der Waals surface area contributed by atoms with Gasteiger partial charge in [-0.25, -0.2) is 0 Å². The lowest BCUT2D eigenvalue weighted by atomic mass is 10.0. The van der Waals surface area contributed by atoms with Gasteiger partial charge in [-0.05, 0) is 52.0 Å². The molecule has 1 unspecified atom stereocenters. The van der Waals surface area contributed by atoms with Crippen LogP contribution in [0.4, 0.5) is 0 Å². The maximum absolute atomic E-state index is 5.45. The fourth-order valence-corrected chi connectivity index (χ4v) is 2.26. The first-order valence-corrected chi connectivity index (χ1v) is 5.75. The normalized spacial score (nSPS) is 19.4. The Morgan fingerprint density at radius 3 is 2.69 bits per heavy atom. The molecule has 1 fully saturated rings. The zero-order valence-corrected chi connectivity index (χ0v) is 10.8. The highest BCUT2D eigenvalue weighted by Crippen LogP contribution is 2.24. The van der Waals surface area contributed by atoms with Crippen LogP contribution in [0.2, 0.25) is 0 Å². The third kappa shape index (κ3) is 3.00. The summed E-state index contributed by atoms with van der Waals surface area (Å²) < 4.78 is 5.45. The molecular weight excluding hydrogens is 224 g/mol. The first-order valence-electron chi connectivity index (χ1n) is 5.75. The quantitative estimate of drug-likeness (QED) is 0.886. The van der Waals surface area contributed by atoms with E-state index >= 15 is 0 Å². The van der Waals surface area contributed by atoms with Gasteiger partial charge in [-0.3, -0.25) is 4.90 Å². The van der Waals surface area contributed by atoms with E-state index < -0.39 is 0 Å². The second kappa shape index (κ2) is 6.28. The van der Waals surface area contributed by atoms with Crippen LogP contribution in [0.25, 0.3) is 0 Å². The molecule has 0 aromatic carbocycles. The Balaban J connectivity index is 0.00000128. The molecule has 1 atom stereocenters. The van der Waals surface area contributed by atoms with Gasteiger partial charge in [0.15, 0.2) is 0 Å². The first-order chi connectivity index (χ1) is 7.29. The van der Waals surface area contributed by atoms with E-state index in [-0.39, 0.29) is 12.4 Å². The maximum atomic E-state index is 5.45. The summed E-state index contributed by atoms with van der Waals surface area (Å²) in [6.45, 7) is 4.49. The molecule has 0 amide bonds. The van der Waals surface area contributed by atoms with Crippen LogP contribution in [-0.4, -0.2) is 31.1 Å². The average molecular weight is 245 g/mol. The molecule has 1 aliphatic heterocycles. The van der Waals surface area contributed by atoms with Gasteiger partial charge in [-0.15, -0.1) is 12.4 Å². The lowest BCUT2D eigenvalue weighted by Crippen LogP contribution is -2.42. The summed E-state index contributed by atoms with van der Waals surface area (Å²) in [5.74, 6) is 1.07. The SMILES string of the molecule is CC(c1ccco1)N(C)C1CCNCC1.Cl. The van der Waals surface area contributed by atoms with E-state index in [1.165, 1.54) is 12.8 Å². The van der Waals surface area contributed by atoms with Crippen LogP contribution in [0.1, 0.15) is 31.6 Å². The fourth-order valence-electron chi connectivity index (χ4n) is 2.26. The highest BCUT2D eigenvalue weighted by atomic mass is 35.5. The Morgan fingerprint density at radius 1 is 1.44 bits per heavy atom. The molecule has 3 nitrogen and oxygen atoms in total. The average Bonchev–Trinajstić information content (AvgIpc) is 2.82. The van der Waals surface area contributed by atoms with Crippen molar-refractivity contribution < 1.29 is 4.42 Å². The van der Waals surface area contributed by atoms with Crippen molar-refractivity contribution in [2.75, 3.05) is 20.1 Å². The van der Waals surface area contributed by atoms with Crippen molar-refractivity contribution in [1.82, 2.24) is 10.2 Å².